The molecule has 7 heteroatoms. The number of thiazole rings is 1. The second-order valence-electron chi connectivity index (χ2n) is 3.72. The van der Waals surface area contributed by atoms with Gasteiger partial charge >= 0.3 is 0 Å². The minimum Gasteiger partial charge on any atom is -0.354 e. The summed E-state index contributed by atoms with van der Waals surface area (Å²) < 4.78 is 5.03. The standard InChI is InChI=1S/C12H7N3O3S/c16-15(17)9-3-1-8(2-4-9)10-7-19-12(14-10)11-5-6-13-18-11/h1-7H. The Hall–Kier alpha value is -2.54. The SMILES string of the molecule is O=[N+]([O-])c1ccc(-c2csc(-c3ccno3)n2)cc1. The van der Waals surface area contributed by atoms with Crippen molar-refractivity contribution in [2.24, 2.45) is 0 Å². The van der Waals surface area contributed by atoms with E-state index in [2.05, 4.69) is 10.1 Å². The lowest BCUT2D eigenvalue weighted by atomic mass is 10.1. The van der Waals surface area contributed by atoms with Crippen LogP contribution >= 0.6 is 11.3 Å². The minimum atomic E-state index is -0.426. The van der Waals surface area contributed by atoms with Crippen molar-refractivity contribution in [2.75, 3.05) is 0 Å². The van der Waals surface area contributed by atoms with Gasteiger partial charge in [0.2, 0.25) is 0 Å². The van der Waals surface area contributed by atoms with Gasteiger partial charge in [-0.2, -0.15) is 0 Å². The largest absolute Gasteiger partial charge is 0.354 e. The summed E-state index contributed by atoms with van der Waals surface area (Å²) >= 11 is 1.43. The quantitative estimate of drug-likeness (QED) is 0.539. The van der Waals surface area contributed by atoms with Crippen LogP contribution in [-0.4, -0.2) is 15.1 Å². The zero-order valence-corrected chi connectivity index (χ0v) is 10.3. The van der Waals surface area contributed by atoms with E-state index in [1.54, 1.807) is 24.4 Å². The van der Waals surface area contributed by atoms with Crippen molar-refractivity contribution in [1.29, 1.82) is 0 Å². The van der Waals surface area contributed by atoms with Crippen molar-refractivity contribution in [1.82, 2.24) is 10.1 Å². The molecule has 6 nitrogen and oxygen atoms in total. The normalized spacial score (nSPS) is 10.5. The number of aromatic nitrogens is 2. The number of non-ortho nitro benzene ring substituents is 1. The fourth-order valence-corrected chi connectivity index (χ4v) is 2.38. The molecule has 2 heterocycles. The molecule has 3 rings (SSSR count). The summed E-state index contributed by atoms with van der Waals surface area (Å²) in [6.07, 6.45) is 1.56. The first kappa shape index (κ1) is 11.5. The average molecular weight is 273 g/mol. The number of hydrogen-bond donors (Lipinski definition) is 0. The van der Waals surface area contributed by atoms with Crippen LogP contribution in [0.25, 0.3) is 22.0 Å². The van der Waals surface area contributed by atoms with Gasteiger partial charge in [-0.15, -0.1) is 11.3 Å². The zero-order chi connectivity index (χ0) is 13.2. The molecule has 0 spiro atoms. The Balaban J connectivity index is 1.92. The van der Waals surface area contributed by atoms with Crippen LogP contribution in [-0.2, 0) is 0 Å². The number of rotatable bonds is 3. The van der Waals surface area contributed by atoms with E-state index in [9.17, 15) is 10.1 Å². The molecule has 94 valence electrons. The number of hydrogen-bond acceptors (Lipinski definition) is 6. The van der Waals surface area contributed by atoms with Crippen LogP contribution in [0.15, 0.2) is 46.4 Å². The zero-order valence-electron chi connectivity index (χ0n) is 9.52. The van der Waals surface area contributed by atoms with Crippen molar-refractivity contribution in [3.8, 4) is 22.0 Å². The summed E-state index contributed by atoms with van der Waals surface area (Å²) in [5, 5.41) is 16.8. The molecule has 0 radical (unpaired) electrons. The van der Waals surface area contributed by atoms with E-state index in [4.69, 9.17) is 4.52 Å². The van der Waals surface area contributed by atoms with Crippen LogP contribution in [0.3, 0.4) is 0 Å². The van der Waals surface area contributed by atoms with Crippen molar-refractivity contribution < 1.29 is 9.45 Å². The maximum absolute atomic E-state index is 10.6. The van der Waals surface area contributed by atoms with Gasteiger partial charge in [0.05, 0.1) is 16.8 Å². The lowest BCUT2D eigenvalue weighted by Gasteiger charge is -1.95. The summed E-state index contributed by atoms with van der Waals surface area (Å²) in [5.74, 6) is 0.609. The lowest BCUT2D eigenvalue weighted by molar-refractivity contribution is -0.384. The minimum absolute atomic E-state index is 0.0643. The Kier molecular flexibility index (Phi) is 2.81. The van der Waals surface area contributed by atoms with Crippen LogP contribution in [0.1, 0.15) is 0 Å². The van der Waals surface area contributed by atoms with E-state index >= 15 is 0 Å². The van der Waals surface area contributed by atoms with Crippen LogP contribution in [0.2, 0.25) is 0 Å². The molecule has 1 aromatic carbocycles. The third-order valence-electron chi connectivity index (χ3n) is 2.53. The molecule has 0 saturated carbocycles. The first-order chi connectivity index (χ1) is 9.24. The van der Waals surface area contributed by atoms with Crippen LogP contribution in [0.4, 0.5) is 5.69 Å². The smallest absolute Gasteiger partial charge is 0.269 e. The molecular formula is C12H7N3O3S. The molecule has 0 atom stereocenters. The van der Waals surface area contributed by atoms with Crippen LogP contribution in [0.5, 0.6) is 0 Å². The molecular weight excluding hydrogens is 266 g/mol. The highest BCUT2D eigenvalue weighted by Crippen LogP contribution is 2.29. The van der Waals surface area contributed by atoms with Gasteiger partial charge in [0.15, 0.2) is 10.8 Å². The average Bonchev–Trinajstić information content (AvgIpc) is 3.10. The predicted molar refractivity (Wildman–Crippen MR) is 69.7 cm³/mol. The molecule has 0 aliphatic carbocycles. The van der Waals surface area contributed by atoms with E-state index in [1.807, 2.05) is 5.38 Å². The van der Waals surface area contributed by atoms with E-state index in [0.29, 0.717) is 5.76 Å². The maximum atomic E-state index is 10.6. The van der Waals surface area contributed by atoms with Crippen molar-refractivity contribution >= 4 is 17.0 Å². The summed E-state index contributed by atoms with van der Waals surface area (Å²) in [5.41, 5.74) is 1.65. The van der Waals surface area contributed by atoms with Gasteiger partial charge in [0, 0.05) is 29.1 Å². The number of nitro groups is 1. The fourth-order valence-electron chi connectivity index (χ4n) is 1.60. The molecule has 0 bridgehead atoms. The summed E-state index contributed by atoms with van der Waals surface area (Å²) in [4.78, 5) is 14.6. The van der Waals surface area contributed by atoms with E-state index < -0.39 is 4.92 Å². The molecule has 0 amide bonds. The van der Waals surface area contributed by atoms with E-state index in [-0.39, 0.29) is 5.69 Å². The van der Waals surface area contributed by atoms with Crippen molar-refractivity contribution in [2.45, 2.75) is 0 Å². The molecule has 0 aliphatic heterocycles. The second-order valence-corrected chi connectivity index (χ2v) is 4.58. The van der Waals surface area contributed by atoms with E-state index in [1.165, 1.54) is 23.5 Å². The summed E-state index contributed by atoms with van der Waals surface area (Å²) in [7, 11) is 0. The Morgan fingerprint density at radius 1 is 1.21 bits per heavy atom. The monoisotopic (exact) mass is 273 g/mol. The molecule has 0 N–H and O–H groups in total. The fraction of sp³-hybridized carbons (Fsp3) is 0. The van der Waals surface area contributed by atoms with Crippen LogP contribution in [0, 0.1) is 10.1 Å². The third kappa shape index (κ3) is 2.23. The Bertz CT molecular complexity index is 704. The number of nitrogens with zero attached hydrogens (tertiary/aromatic N) is 3. The van der Waals surface area contributed by atoms with Crippen molar-refractivity contribution in [3.63, 3.8) is 0 Å². The maximum Gasteiger partial charge on any atom is 0.269 e. The van der Waals surface area contributed by atoms with Gasteiger partial charge in [-0.25, -0.2) is 4.98 Å². The summed E-state index contributed by atoms with van der Waals surface area (Å²) in [6, 6.07) is 8.01. The lowest BCUT2D eigenvalue weighted by Crippen LogP contribution is -1.87. The highest BCUT2D eigenvalue weighted by atomic mass is 32.1. The molecule has 0 aliphatic rings. The Morgan fingerprint density at radius 3 is 2.63 bits per heavy atom. The van der Waals surface area contributed by atoms with Gasteiger partial charge in [0.1, 0.15) is 0 Å². The number of benzene rings is 1. The molecule has 0 saturated heterocycles. The summed E-state index contributed by atoms with van der Waals surface area (Å²) in [6.45, 7) is 0. The highest BCUT2D eigenvalue weighted by molar-refractivity contribution is 7.13. The highest BCUT2D eigenvalue weighted by Gasteiger charge is 2.10. The Labute approximate surface area is 111 Å². The third-order valence-corrected chi connectivity index (χ3v) is 3.38. The number of nitro benzene ring substituents is 1. The van der Waals surface area contributed by atoms with Gasteiger partial charge in [-0.05, 0) is 12.1 Å². The topological polar surface area (TPSA) is 82.1 Å². The van der Waals surface area contributed by atoms with E-state index in [0.717, 1.165) is 16.3 Å². The van der Waals surface area contributed by atoms with Gasteiger partial charge in [-0.1, -0.05) is 5.16 Å². The first-order valence-electron chi connectivity index (χ1n) is 5.35. The first-order valence-corrected chi connectivity index (χ1v) is 6.23. The van der Waals surface area contributed by atoms with Gasteiger partial charge in [0.25, 0.3) is 5.69 Å². The second kappa shape index (κ2) is 4.62. The van der Waals surface area contributed by atoms with Gasteiger partial charge in [-0.3, -0.25) is 10.1 Å². The van der Waals surface area contributed by atoms with Crippen LogP contribution < -0.4 is 0 Å². The van der Waals surface area contributed by atoms with Gasteiger partial charge < -0.3 is 4.52 Å². The molecule has 0 fully saturated rings. The predicted octanol–water partition coefficient (Wildman–Crippen LogP) is 3.37. The molecule has 19 heavy (non-hydrogen) atoms. The van der Waals surface area contributed by atoms with Crippen molar-refractivity contribution in [3.05, 3.63) is 52.0 Å². The molecule has 3 aromatic rings. The molecule has 0 unspecified atom stereocenters. The Morgan fingerprint density at radius 2 is 2.00 bits per heavy atom. The molecule has 2 aromatic heterocycles.